The summed E-state index contributed by atoms with van der Waals surface area (Å²) in [7, 11) is 0. The van der Waals surface area contributed by atoms with E-state index >= 15 is 0 Å². The van der Waals surface area contributed by atoms with Gasteiger partial charge in [0.2, 0.25) is 0 Å². The zero-order valence-electron chi connectivity index (χ0n) is 10.7. The standard InChI is InChI=1S/C15H14Cl2O2/c1-9-5-12(6-10(2)15(9)17)19-14-4-3-11(8-18)7-13(14)16/h3-7,18H,8H2,1-2H3. The molecule has 4 heteroatoms. The minimum Gasteiger partial charge on any atom is -0.456 e. The number of aliphatic hydroxyl groups excluding tert-OH is 1. The number of ether oxygens (including phenoxy) is 1. The first kappa shape index (κ1) is 14.2. The lowest BCUT2D eigenvalue weighted by atomic mass is 10.1. The monoisotopic (exact) mass is 296 g/mol. The van der Waals surface area contributed by atoms with Crippen molar-refractivity contribution in [3.63, 3.8) is 0 Å². The summed E-state index contributed by atoms with van der Waals surface area (Å²) in [6.07, 6.45) is 0. The molecule has 0 unspecified atom stereocenters. The van der Waals surface area contributed by atoms with Gasteiger partial charge in [-0.05, 0) is 54.8 Å². The molecule has 0 bridgehead atoms. The van der Waals surface area contributed by atoms with Gasteiger partial charge in [-0.15, -0.1) is 0 Å². The SMILES string of the molecule is Cc1cc(Oc2ccc(CO)cc2Cl)cc(C)c1Cl. The lowest BCUT2D eigenvalue weighted by Crippen LogP contribution is -1.90. The molecule has 0 fully saturated rings. The van der Waals surface area contributed by atoms with Crippen molar-refractivity contribution >= 4 is 23.2 Å². The third kappa shape index (κ3) is 3.21. The maximum atomic E-state index is 9.03. The van der Waals surface area contributed by atoms with Crippen LogP contribution in [0.1, 0.15) is 16.7 Å². The normalized spacial score (nSPS) is 10.6. The van der Waals surface area contributed by atoms with Gasteiger partial charge in [0.25, 0.3) is 0 Å². The highest BCUT2D eigenvalue weighted by Crippen LogP contribution is 2.33. The molecule has 19 heavy (non-hydrogen) atoms. The molecule has 0 amide bonds. The first-order chi connectivity index (χ1) is 9.01. The van der Waals surface area contributed by atoms with Crippen molar-refractivity contribution in [2.45, 2.75) is 20.5 Å². The molecule has 0 aliphatic heterocycles. The van der Waals surface area contributed by atoms with Gasteiger partial charge >= 0.3 is 0 Å². The van der Waals surface area contributed by atoms with Gasteiger partial charge in [-0.2, -0.15) is 0 Å². The van der Waals surface area contributed by atoms with E-state index in [2.05, 4.69) is 0 Å². The molecule has 0 aliphatic carbocycles. The van der Waals surface area contributed by atoms with Crippen LogP contribution in [0.5, 0.6) is 11.5 Å². The minimum absolute atomic E-state index is 0.0425. The molecule has 0 aromatic heterocycles. The fourth-order valence-electron chi connectivity index (χ4n) is 1.82. The predicted octanol–water partition coefficient (Wildman–Crippen LogP) is 4.89. The zero-order chi connectivity index (χ0) is 14.0. The van der Waals surface area contributed by atoms with E-state index in [1.165, 1.54) is 0 Å². The Hall–Kier alpha value is -1.22. The number of aryl methyl sites for hydroxylation is 2. The van der Waals surface area contributed by atoms with Crippen molar-refractivity contribution in [2.75, 3.05) is 0 Å². The number of hydrogen-bond donors (Lipinski definition) is 1. The first-order valence-electron chi connectivity index (χ1n) is 5.85. The second-order valence-corrected chi connectivity index (χ2v) is 5.18. The third-order valence-electron chi connectivity index (χ3n) is 2.82. The van der Waals surface area contributed by atoms with Crippen LogP contribution in [0.15, 0.2) is 30.3 Å². The lowest BCUT2D eigenvalue weighted by molar-refractivity contribution is 0.281. The second-order valence-electron chi connectivity index (χ2n) is 4.40. The van der Waals surface area contributed by atoms with E-state index in [9.17, 15) is 0 Å². The van der Waals surface area contributed by atoms with Crippen LogP contribution in [-0.2, 0) is 6.61 Å². The Kier molecular flexibility index (Phi) is 4.35. The van der Waals surface area contributed by atoms with Crippen LogP contribution in [0.25, 0.3) is 0 Å². The molecule has 2 rings (SSSR count). The van der Waals surface area contributed by atoms with Gasteiger partial charge in [0, 0.05) is 5.02 Å². The van der Waals surface area contributed by atoms with E-state index in [1.807, 2.05) is 26.0 Å². The molecule has 0 saturated carbocycles. The summed E-state index contributed by atoms with van der Waals surface area (Å²) in [5.74, 6) is 1.25. The molecule has 0 aliphatic rings. The first-order valence-corrected chi connectivity index (χ1v) is 6.60. The molecule has 0 spiro atoms. The molecule has 0 heterocycles. The average molecular weight is 297 g/mol. The number of hydrogen-bond acceptors (Lipinski definition) is 2. The molecule has 0 radical (unpaired) electrons. The molecule has 2 aromatic rings. The summed E-state index contributed by atoms with van der Waals surface area (Å²) in [6, 6.07) is 8.94. The molecule has 2 nitrogen and oxygen atoms in total. The van der Waals surface area contributed by atoms with Crippen LogP contribution in [0, 0.1) is 13.8 Å². The van der Waals surface area contributed by atoms with E-state index in [4.69, 9.17) is 33.0 Å². The van der Waals surface area contributed by atoms with Crippen molar-refractivity contribution in [2.24, 2.45) is 0 Å². The van der Waals surface area contributed by atoms with Gasteiger partial charge < -0.3 is 9.84 Å². The molecule has 2 aromatic carbocycles. The summed E-state index contributed by atoms with van der Waals surface area (Å²) in [4.78, 5) is 0. The van der Waals surface area contributed by atoms with Crippen molar-refractivity contribution in [1.82, 2.24) is 0 Å². The zero-order valence-corrected chi connectivity index (χ0v) is 12.2. The fourth-order valence-corrected chi connectivity index (χ4v) is 2.17. The van der Waals surface area contributed by atoms with E-state index in [1.54, 1.807) is 18.2 Å². The Bertz CT molecular complexity index is 586. The summed E-state index contributed by atoms with van der Waals surface area (Å²) in [6.45, 7) is 3.82. The highest BCUT2D eigenvalue weighted by molar-refractivity contribution is 6.32. The van der Waals surface area contributed by atoms with Crippen LogP contribution in [0.2, 0.25) is 10.0 Å². The van der Waals surface area contributed by atoms with Gasteiger partial charge in [0.15, 0.2) is 0 Å². The number of halogens is 2. The molecule has 100 valence electrons. The van der Waals surface area contributed by atoms with Gasteiger partial charge in [-0.25, -0.2) is 0 Å². The summed E-state index contributed by atoms with van der Waals surface area (Å²) >= 11 is 12.2. The van der Waals surface area contributed by atoms with E-state index in [-0.39, 0.29) is 6.61 Å². The summed E-state index contributed by atoms with van der Waals surface area (Å²) in [5, 5.41) is 10.2. The van der Waals surface area contributed by atoms with Crippen molar-refractivity contribution in [1.29, 1.82) is 0 Å². The topological polar surface area (TPSA) is 29.5 Å². The Morgan fingerprint density at radius 2 is 1.68 bits per heavy atom. The third-order valence-corrected chi connectivity index (χ3v) is 3.71. The molecule has 0 saturated heterocycles. The van der Waals surface area contributed by atoms with Crippen molar-refractivity contribution < 1.29 is 9.84 Å². The maximum Gasteiger partial charge on any atom is 0.146 e. The minimum atomic E-state index is -0.0425. The van der Waals surface area contributed by atoms with E-state index in [0.717, 1.165) is 21.7 Å². The van der Waals surface area contributed by atoms with Crippen LogP contribution in [0.3, 0.4) is 0 Å². The Labute approximate surface area is 122 Å². The van der Waals surface area contributed by atoms with E-state index < -0.39 is 0 Å². The number of rotatable bonds is 3. The highest BCUT2D eigenvalue weighted by Gasteiger charge is 2.07. The molecular formula is C15H14Cl2O2. The Morgan fingerprint density at radius 3 is 2.21 bits per heavy atom. The summed E-state index contributed by atoms with van der Waals surface area (Å²) < 4.78 is 5.75. The van der Waals surface area contributed by atoms with Crippen LogP contribution < -0.4 is 4.74 Å². The largest absolute Gasteiger partial charge is 0.456 e. The van der Waals surface area contributed by atoms with Gasteiger partial charge in [-0.3, -0.25) is 0 Å². The van der Waals surface area contributed by atoms with Gasteiger partial charge in [-0.1, -0.05) is 29.3 Å². The van der Waals surface area contributed by atoms with Gasteiger partial charge in [0.1, 0.15) is 11.5 Å². The quantitative estimate of drug-likeness (QED) is 0.873. The van der Waals surface area contributed by atoms with Crippen molar-refractivity contribution in [3.05, 3.63) is 57.1 Å². The van der Waals surface area contributed by atoms with Crippen LogP contribution in [0.4, 0.5) is 0 Å². The fraction of sp³-hybridized carbons (Fsp3) is 0.200. The van der Waals surface area contributed by atoms with Crippen LogP contribution in [-0.4, -0.2) is 5.11 Å². The Balaban J connectivity index is 2.31. The number of benzene rings is 2. The second kappa shape index (κ2) is 5.83. The highest BCUT2D eigenvalue weighted by atomic mass is 35.5. The predicted molar refractivity (Wildman–Crippen MR) is 78.4 cm³/mol. The average Bonchev–Trinajstić information content (AvgIpc) is 2.38. The molecule has 1 N–H and O–H groups in total. The van der Waals surface area contributed by atoms with Crippen LogP contribution >= 0.6 is 23.2 Å². The molecule has 0 atom stereocenters. The number of aliphatic hydroxyl groups is 1. The van der Waals surface area contributed by atoms with Gasteiger partial charge in [0.05, 0.1) is 11.6 Å². The van der Waals surface area contributed by atoms with E-state index in [0.29, 0.717) is 16.5 Å². The smallest absolute Gasteiger partial charge is 0.146 e. The molecular weight excluding hydrogens is 283 g/mol. The Morgan fingerprint density at radius 1 is 1.05 bits per heavy atom. The lowest BCUT2D eigenvalue weighted by Gasteiger charge is -2.11. The van der Waals surface area contributed by atoms with Crippen molar-refractivity contribution in [3.8, 4) is 11.5 Å². The maximum absolute atomic E-state index is 9.03. The summed E-state index contributed by atoms with van der Waals surface area (Å²) in [5.41, 5.74) is 2.67.